The van der Waals surface area contributed by atoms with Crippen molar-refractivity contribution in [1.29, 1.82) is 0 Å². The van der Waals surface area contributed by atoms with Crippen LogP contribution in [-0.4, -0.2) is 10.9 Å². The lowest BCUT2D eigenvalue weighted by Gasteiger charge is -2.03. The van der Waals surface area contributed by atoms with Gasteiger partial charge in [-0.25, -0.2) is 0 Å². The van der Waals surface area contributed by atoms with Crippen LogP contribution < -0.4 is 5.73 Å². The molecule has 0 heterocycles. The molecular weight excluding hydrogens is 202 g/mol. The van der Waals surface area contributed by atoms with Gasteiger partial charge in [-0.1, -0.05) is 24.3 Å². The molecule has 0 saturated carbocycles. The first kappa shape index (κ1) is 8.97. The van der Waals surface area contributed by atoms with E-state index in [1.54, 1.807) is 12.1 Å². The Morgan fingerprint density at radius 2 is 1.62 bits per heavy atom. The Morgan fingerprint density at radius 3 is 2.38 bits per heavy atom. The standard InChI is InChI=1S/C13H9NO2/c14-11-5-9-7-3-1-2-4-8(7)13(16)10(9)6-12(11)15/h1-6,15H,14H2. The number of nitrogen functional groups attached to an aromatic ring is 1. The highest BCUT2D eigenvalue weighted by Crippen LogP contribution is 2.40. The molecule has 0 bridgehead atoms. The predicted octanol–water partition coefficient (Wildman–Crippen LogP) is 2.19. The lowest BCUT2D eigenvalue weighted by Crippen LogP contribution is -1.95. The summed E-state index contributed by atoms with van der Waals surface area (Å²) in [7, 11) is 0. The monoisotopic (exact) mass is 211 g/mol. The average molecular weight is 211 g/mol. The van der Waals surface area contributed by atoms with Crippen molar-refractivity contribution in [3.05, 3.63) is 47.5 Å². The van der Waals surface area contributed by atoms with Crippen molar-refractivity contribution in [2.75, 3.05) is 5.73 Å². The van der Waals surface area contributed by atoms with Gasteiger partial charge in [-0.05, 0) is 23.3 Å². The molecule has 16 heavy (non-hydrogen) atoms. The third kappa shape index (κ3) is 0.997. The fourth-order valence-electron chi connectivity index (χ4n) is 2.08. The van der Waals surface area contributed by atoms with Crippen LogP contribution in [0.25, 0.3) is 11.1 Å². The molecule has 0 atom stereocenters. The average Bonchev–Trinajstić information content (AvgIpc) is 2.55. The zero-order chi connectivity index (χ0) is 11.3. The first-order valence-electron chi connectivity index (χ1n) is 4.95. The van der Waals surface area contributed by atoms with Crippen molar-refractivity contribution in [1.82, 2.24) is 0 Å². The number of hydrogen-bond donors (Lipinski definition) is 2. The SMILES string of the molecule is Nc1cc2c(cc1O)C(=O)c1ccccc1-2. The fraction of sp³-hybridized carbons (Fsp3) is 0. The number of benzene rings is 2. The minimum Gasteiger partial charge on any atom is -0.506 e. The molecule has 2 aromatic carbocycles. The number of nitrogens with two attached hydrogens (primary N) is 1. The second-order valence-electron chi connectivity index (χ2n) is 3.83. The van der Waals surface area contributed by atoms with Gasteiger partial charge in [-0.3, -0.25) is 4.79 Å². The van der Waals surface area contributed by atoms with Gasteiger partial charge >= 0.3 is 0 Å². The molecule has 0 aromatic heterocycles. The van der Waals surface area contributed by atoms with Crippen LogP contribution in [0.1, 0.15) is 15.9 Å². The van der Waals surface area contributed by atoms with E-state index in [1.165, 1.54) is 6.07 Å². The third-order valence-corrected chi connectivity index (χ3v) is 2.87. The van der Waals surface area contributed by atoms with Crippen molar-refractivity contribution >= 4 is 11.5 Å². The Bertz CT molecular complexity index is 617. The van der Waals surface area contributed by atoms with Gasteiger partial charge in [0.05, 0.1) is 5.69 Å². The quantitative estimate of drug-likeness (QED) is 0.442. The van der Waals surface area contributed by atoms with E-state index in [0.717, 1.165) is 11.1 Å². The molecule has 0 saturated heterocycles. The van der Waals surface area contributed by atoms with Gasteiger partial charge in [0.1, 0.15) is 5.75 Å². The summed E-state index contributed by atoms with van der Waals surface area (Å²) < 4.78 is 0. The number of hydrogen-bond acceptors (Lipinski definition) is 3. The molecule has 3 nitrogen and oxygen atoms in total. The Balaban J connectivity index is 2.38. The molecule has 0 radical (unpaired) electrons. The zero-order valence-electron chi connectivity index (χ0n) is 8.40. The molecule has 78 valence electrons. The molecule has 1 aliphatic carbocycles. The van der Waals surface area contributed by atoms with Crippen LogP contribution in [0.5, 0.6) is 5.75 Å². The Kier molecular flexibility index (Phi) is 1.60. The summed E-state index contributed by atoms with van der Waals surface area (Å²) in [6, 6.07) is 10.5. The van der Waals surface area contributed by atoms with E-state index >= 15 is 0 Å². The molecule has 3 heteroatoms. The van der Waals surface area contributed by atoms with E-state index in [2.05, 4.69) is 0 Å². The summed E-state index contributed by atoms with van der Waals surface area (Å²) >= 11 is 0. The number of carbonyl (C=O) groups excluding carboxylic acids is 1. The lowest BCUT2D eigenvalue weighted by molar-refractivity contribution is 0.104. The Morgan fingerprint density at radius 1 is 0.938 bits per heavy atom. The molecular formula is C13H9NO2. The summed E-state index contributed by atoms with van der Waals surface area (Å²) in [6.07, 6.45) is 0. The molecule has 3 N–H and O–H groups in total. The first-order chi connectivity index (χ1) is 7.68. The summed E-state index contributed by atoms with van der Waals surface area (Å²) in [5, 5.41) is 9.50. The highest BCUT2D eigenvalue weighted by Gasteiger charge is 2.27. The van der Waals surface area contributed by atoms with E-state index in [-0.39, 0.29) is 11.5 Å². The van der Waals surface area contributed by atoms with Crippen LogP contribution >= 0.6 is 0 Å². The van der Waals surface area contributed by atoms with Crippen LogP contribution in [0.15, 0.2) is 36.4 Å². The molecule has 0 amide bonds. The topological polar surface area (TPSA) is 63.3 Å². The van der Waals surface area contributed by atoms with Crippen LogP contribution in [-0.2, 0) is 0 Å². The smallest absolute Gasteiger partial charge is 0.194 e. The van der Waals surface area contributed by atoms with Gasteiger partial charge in [-0.2, -0.15) is 0 Å². The largest absolute Gasteiger partial charge is 0.506 e. The van der Waals surface area contributed by atoms with E-state index in [9.17, 15) is 9.90 Å². The maximum atomic E-state index is 12.0. The molecule has 3 rings (SSSR count). The highest BCUT2D eigenvalue weighted by molar-refractivity contribution is 6.22. The number of carbonyl (C=O) groups is 1. The van der Waals surface area contributed by atoms with Crippen molar-refractivity contribution in [3.8, 4) is 16.9 Å². The van der Waals surface area contributed by atoms with Gasteiger partial charge in [0.2, 0.25) is 0 Å². The first-order valence-corrected chi connectivity index (χ1v) is 4.95. The molecule has 0 aliphatic heterocycles. The van der Waals surface area contributed by atoms with Crippen LogP contribution in [0.4, 0.5) is 5.69 Å². The Hall–Kier alpha value is -2.29. The van der Waals surface area contributed by atoms with E-state index in [4.69, 9.17) is 5.73 Å². The van der Waals surface area contributed by atoms with Crippen LogP contribution in [0.3, 0.4) is 0 Å². The summed E-state index contributed by atoms with van der Waals surface area (Å²) in [5.41, 5.74) is 8.80. The predicted molar refractivity (Wildman–Crippen MR) is 61.4 cm³/mol. The van der Waals surface area contributed by atoms with Crippen molar-refractivity contribution in [3.63, 3.8) is 0 Å². The van der Waals surface area contributed by atoms with Gasteiger partial charge in [0, 0.05) is 11.1 Å². The second-order valence-corrected chi connectivity index (χ2v) is 3.83. The maximum absolute atomic E-state index is 12.0. The van der Waals surface area contributed by atoms with Gasteiger partial charge in [0.25, 0.3) is 0 Å². The zero-order valence-corrected chi connectivity index (χ0v) is 8.40. The van der Waals surface area contributed by atoms with E-state index in [0.29, 0.717) is 16.8 Å². The number of fused-ring (bicyclic) bond motifs is 3. The van der Waals surface area contributed by atoms with E-state index in [1.807, 2.05) is 18.2 Å². The molecule has 2 aromatic rings. The van der Waals surface area contributed by atoms with Crippen LogP contribution in [0, 0.1) is 0 Å². The maximum Gasteiger partial charge on any atom is 0.194 e. The summed E-state index contributed by atoms with van der Waals surface area (Å²) in [6.45, 7) is 0. The number of phenolic OH excluding ortho intramolecular Hbond substituents is 1. The van der Waals surface area contributed by atoms with Crippen LogP contribution in [0.2, 0.25) is 0 Å². The van der Waals surface area contributed by atoms with Gasteiger partial charge in [0.15, 0.2) is 5.78 Å². The number of anilines is 1. The van der Waals surface area contributed by atoms with Gasteiger partial charge < -0.3 is 10.8 Å². The minimum absolute atomic E-state index is 0.0418. The molecule has 1 aliphatic rings. The molecule has 0 fully saturated rings. The summed E-state index contributed by atoms with van der Waals surface area (Å²) in [4.78, 5) is 12.0. The second kappa shape index (κ2) is 2.85. The van der Waals surface area contributed by atoms with Crippen molar-refractivity contribution < 1.29 is 9.90 Å². The van der Waals surface area contributed by atoms with Crippen molar-refractivity contribution in [2.45, 2.75) is 0 Å². The third-order valence-electron chi connectivity index (χ3n) is 2.87. The minimum atomic E-state index is -0.0547. The molecule has 0 unspecified atom stereocenters. The number of aromatic hydroxyl groups is 1. The lowest BCUT2D eigenvalue weighted by atomic mass is 10.1. The number of ketones is 1. The molecule has 0 spiro atoms. The fourth-order valence-corrected chi connectivity index (χ4v) is 2.08. The van der Waals surface area contributed by atoms with Crippen molar-refractivity contribution in [2.24, 2.45) is 0 Å². The summed E-state index contributed by atoms with van der Waals surface area (Å²) in [5.74, 6) is -0.0965. The van der Waals surface area contributed by atoms with Gasteiger partial charge in [-0.15, -0.1) is 0 Å². The highest BCUT2D eigenvalue weighted by atomic mass is 16.3. The normalized spacial score (nSPS) is 12.4. The number of rotatable bonds is 0. The Labute approximate surface area is 92.1 Å². The van der Waals surface area contributed by atoms with E-state index < -0.39 is 0 Å². The number of phenols is 1.